The van der Waals surface area contributed by atoms with Gasteiger partial charge in [-0.1, -0.05) is 22.0 Å². The molecule has 0 aliphatic carbocycles. The van der Waals surface area contributed by atoms with Crippen molar-refractivity contribution < 1.29 is 12.8 Å². The van der Waals surface area contributed by atoms with Gasteiger partial charge in [0.2, 0.25) is 0 Å². The van der Waals surface area contributed by atoms with Gasteiger partial charge >= 0.3 is 0 Å². The largest absolute Gasteiger partial charge is 0.398 e. The number of nitrogens with two attached hydrogens (primary N) is 1. The van der Waals surface area contributed by atoms with Gasteiger partial charge in [-0.3, -0.25) is 4.72 Å². The molecule has 2 aromatic carbocycles. The Bertz CT molecular complexity index is 810. The van der Waals surface area contributed by atoms with Crippen LogP contribution in [0.1, 0.15) is 5.56 Å². The van der Waals surface area contributed by atoms with Crippen molar-refractivity contribution in [2.24, 2.45) is 0 Å². The van der Waals surface area contributed by atoms with E-state index in [9.17, 15) is 12.8 Å². The monoisotopic (exact) mass is 436 g/mol. The number of anilines is 2. The van der Waals surface area contributed by atoms with E-state index in [2.05, 4.69) is 36.6 Å². The van der Waals surface area contributed by atoms with E-state index in [0.717, 1.165) is 22.2 Å². The molecule has 21 heavy (non-hydrogen) atoms. The Balaban J connectivity index is 2.43. The van der Waals surface area contributed by atoms with Gasteiger partial charge < -0.3 is 5.73 Å². The van der Waals surface area contributed by atoms with Gasteiger partial charge in [-0.05, 0) is 52.7 Å². The molecular formula is C13H11Br2FN2O2S. The molecule has 0 radical (unpaired) electrons. The molecule has 0 aliphatic heterocycles. The van der Waals surface area contributed by atoms with Crippen molar-refractivity contribution in [3.8, 4) is 0 Å². The average Bonchev–Trinajstić information content (AvgIpc) is 2.37. The predicted octanol–water partition coefficient (Wildman–Crippen LogP) is 4.04. The fraction of sp³-hybridized carbons (Fsp3) is 0.0769. The third-order valence-electron chi connectivity index (χ3n) is 2.77. The van der Waals surface area contributed by atoms with E-state index in [1.54, 1.807) is 18.2 Å². The molecule has 4 nitrogen and oxygen atoms in total. The Hall–Kier alpha value is -1.12. The minimum absolute atomic E-state index is 0.0298. The lowest BCUT2D eigenvalue weighted by molar-refractivity contribution is 0.599. The maximum Gasteiger partial charge on any atom is 0.263 e. The normalized spacial score (nSPS) is 11.4. The number of sulfonamides is 1. The zero-order chi connectivity index (χ0) is 15.8. The molecule has 0 aromatic heterocycles. The van der Waals surface area contributed by atoms with Gasteiger partial charge in [0.05, 0.1) is 10.2 Å². The van der Waals surface area contributed by atoms with Crippen LogP contribution in [0.5, 0.6) is 0 Å². The zero-order valence-electron chi connectivity index (χ0n) is 10.8. The van der Waals surface area contributed by atoms with E-state index in [4.69, 9.17) is 5.73 Å². The van der Waals surface area contributed by atoms with Gasteiger partial charge in [0.25, 0.3) is 10.0 Å². The lowest BCUT2D eigenvalue weighted by Crippen LogP contribution is -2.15. The van der Waals surface area contributed by atoms with Crippen molar-refractivity contribution in [3.63, 3.8) is 0 Å². The van der Waals surface area contributed by atoms with Crippen LogP contribution in [-0.4, -0.2) is 8.42 Å². The molecule has 3 N–H and O–H groups in total. The maximum absolute atomic E-state index is 13.3. The van der Waals surface area contributed by atoms with Crippen molar-refractivity contribution in [1.82, 2.24) is 0 Å². The van der Waals surface area contributed by atoms with Crippen LogP contribution in [0, 0.1) is 12.7 Å². The van der Waals surface area contributed by atoms with Crippen LogP contribution >= 0.6 is 31.9 Å². The van der Waals surface area contributed by atoms with Crippen LogP contribution < -0.4 is 10.5 Å². The first-order chi connectivity index (χ1) is 9.70. The summed E-state index contributed by atoms with van der Waals surface area (Å²) in [6.07, 6.45) is 0. The summed E-state index contributed by atoms with van der Waals surface area (Å²) in [5, 5.41) is 0. The Labute approximate surface area is 138 Å². The first-order valence-corrected chi connectivity index (χ1v) is 8.81. The average molecular weight is 438 g/mol. The Morgan fingerprint density at radius 1 is 1.14 bits per heavy atom. The number of nitrogen functional groups attached to an aromatic ring is 1. The second kappa shape index (κ2) is 5.94. The summed E-state index contributed by atoms with van der Waals surface area (Å²) in [6, 6.07) is 7.14. The van der Waals surface area contributed by atoms with Crippen molar-refractivity contribution in [2.75, 3.05) is 10.5 Å². The lowest BCUT2D eigenvalue weighted by atomic mass is 10.2. The topological polar surface area (TPSA) is 72.2 Å². The summed E-state index contributed by atoms with van der Waals surface area (Å²) in [5.74, 6) is -0.621. The van der Waals surface area contributed by atoms with Crippen LogP contribution in [0.25, 0.3) is 0 Å². The van der Waals surface area contributed by atoms with Crippen molar-refractivity contribution in [3.05, 3.63) is 50.7 Å². The SMILES string of the molecule is Cc1ccc(NS(=O)(=O)c2cc(Br)c(F)cc2N)cc1Br. The van der Waals surface area contributed by atoms with Crippen LogP contribution in [0.15, 0.2) is 44.2 Å². The number of hydrogen-bond donors (Lipinski definition) is 2. The summed E-state index contributed by atoms with van der Waals surface area (Å²) >= 11 is 6.28. The minimum atomic E-state index is -3.91. The standard InChI is InChI=1S/C13H11Br2FN2O2S/c1-7-2-3-8(4-9(7)14)18-21(19,20)13-5-10(15)11(16)6-12(13)17/h2-6,18H,17H2,1H3. The molecule has 0 spiro atoms. The van der Waals surface area contributed by atoms with Gasteiger partial charge in [-0.25, -0.2) is 12.8 Å². The fourth-order valence-corrected chi connectivity index (χ4v) is 3.71. The van der Waals surface area contributed by atoms with Crippen molar-refractivity contribution in [1.29, 1.82) is 0 Å². The number of hydrogen-bond acceptors (Lipinski definition) is 3. The van der Waals surface area contributed by atoms with E-state index in [-0.39, 0.29) is 15.1 Å². The lowest BCUT2D eigenvalue weighted by Gasteiger charge is -2.12. The summed E-state index contributed by atoms with van der Waals surface area (Å²) in [4.78, 5) is -0.188. The summed E-state index contributed by atoms with van der Waals surface area (Å²) in [6.45, 7) is 1.89. The molecule has 0 amide bonds. The van der Waals surface area contributed by atoms with Crippen LogP contribution in [0.4, 0.5) is 15.8 Å². The molecule has 0 saturated heterocycles. The third kappa shape index (κ3) is 3.56. The molecular weight excluding hydrogens is 427 g/mol. The van der Waals surface area contributed by atoms with Gasteiger partial charge in [-0.15, -0.1) is 0 Å². The van der Waals surface area contributed by atoms with E-state index in [1.165, 1.54) is 0 Å². The molecule has 8 heteroatoms. The van der Waals surface area contributed by atoms with E-state index < -0.39 is 15.8 Å². The van der Waals surface area contributed by atoms with Gasteiger partial charge in [0.15, 0.2) is 0 Å². The third-order valence-corrected chi connectivity index (χ3v) is 5.67. The zero-order valence-corrected chi connectivity index (χ0v) is 14.8. The quantitative estimate of drug-likeness (QED) is 0.711. The van der Waals surface area contributed by atoms with Gasteiger partial charge in [0, 0.05) is 10.2 Å². The molecule has 0 unspecified atom stereocenters. The first-order valence-electron chi connectivity index (χ1n) is 5.74. The molecule has 0 bridgehead atoms. The van der Waals surface area contributed by atoms with Crippen molar-refractivity contribution >= 4 is 53.3 Å². The predicted molar refractivity (Wildman–Crippen MR) is 88.2 cm³/mol. The number of halogens is 3. The smallest absolute Gasteiger partial charge is 0.263 e. The van der Waals surface area contributed by atoms with Crippen LogP contribution in [0.2, 0.25) is 0 Å². The molecule has 0 atom stereocenters. The molecule has 0 heterocycles. The van der Waals surface area contributed by atoms with Gasteiger partial charge in [-0.2, -0.15) is 0 Å². The molecule has 2 rings (SSSR count). The highest BCUT2D eigenvalue weighted by Crippen LogP contribution is 2.28. The molecule has 0 fully saturated rings. The van der Waals surface area contributed by atoms with Crippen molar-refractivity contribution in [2.45, 2.75) is 11.8 Å². The Morgan fingerprint density at radius 3 is 2.43 bits per heavy atom. The highest BCUT2D eigenvalue weighted by atomic mass is 79.9. The minimum Gasteiger partial charge on any atom is -0.398 e. The summed E-state index contributed by atoms with van der Waals surface area (Å²) in [5.41, 5.74) is 6.79. The highest BCUT2D eigenvalue weighted by molar-refractivity contribution is 9.10. The number of rotatable bonds is 3. The molecule has 2 aromatic rings. The van der Waals surface area contributed by atoms with E-state index in [1.807, 2.05) is 6.92 Å². The second-order valence-corrected chi connectivity index (χ2v) is 7.73. The number of nitrogens with one attached hydrogen (secondary N) is 1. The van der Waals surface area contributed by atoms with Gasteiger partial charge in [0.1, 0.15) is 10.7 Å². The Kier molecular flexibility index (Phi) is 4.60. The summed E-state index contributed by atoms with van der Waals surface area (Å²) < 4.78 is 41.2. The Morgan fingerprint density at radius 2 is 1.81 bits per heavy atom. The number of benzene rings is 2. The summed E-state index contributed by atoms with van der Waals surface area (Å²) in [7, 11) is -3.91. The van der Waals surface area contributed by atoms with E-state index >= 15 is 0 Å². The highest BCUT2D eigenvalue weighted by Gasteiger charge is 2.20. The van der Waals surface area contributed by atoms with E-state index in [0.29, 0.717) is 5.69 Å². The van der Waals surface area contributed by atoms with Crippen LogP contribution in [0.3, 0.4) is 0 Å². The fourth-order valence-electron chi connectivity index (χ4n) is 1.64. The first kappa shape index (κ1) is 16.3. The maximum atomic E-state index is 13.3. The van der Waals surface area contributed by atoms with Crippen LogP contribution in [-0.2, 0) is 10.0 Å². The number of aryl methyl sites for hydroxylation is 1. The molecule has 0 saturated carbocycles. The molecule has 0 aliphatic rings. The second-order valence-electron chi connectivity index (χ2n) is 4.37. The molecule has 112 valence electrons.